The zero-order valence-corrected chi connectivity index (χ0v) is 9.89. The third kappa shape index (κ3) is 1.61. The van der Waals surface area contributed by atoms with Crippen molar-refractivity contribution < 1.29 is 14.3 Å². The van der Waals surface area contributed by atoms with E-state index in [1.54, 1.807) is 6.07 Å². The summed E-state index contributed by atoms with van der Waals surface area (Å²) in [6.07, 6.45) is 3.63. The number of pyridine rings is 1. The number of methoxy groups -OCH3 is 1. The molecule has 2 aromatic heterocycles. The van der Waals surface area contributed by atoms with Gasteiger partial charge in [-0.2, -0.15) is 0 Å². The van der Waals surface area contributed by atoms with E-state index in [0.717, 1.165) is 0 Å². The van der Waals surface area contributed by atoms with E-state index in [1.165, 1.54) is 23.9 Å². The molecule has 0 saturated heterocycles. The van der Waals surface area contributed by atoms with Crippen LogP contribution in [-0.2, 0) is 4.74 Å². The van der Waals surface area contributed by atoms with Gasteiger partial charge in [-0.05, 0) is 22.0 Å². The molecule has 2 rings (SSSR count). The quantitative estimate of drug-likeness (QED) is 0.621. The molecule has 0 saturated carbocycles. The van der Waals surface area contributed by atoms with E-state index >= 15 is 0 Å². The van der Waals surface area contributed by atoms with Crippen molar-refractivity contribution in [3.63, 3.8) is 0 Å². The van der Waals surface area contributed by atoms with Crippen molar-refractivity contribution in [3.05, 3.63) is 34.2 Å². The van der Waals surface area contributed by atoms with Crippen molar-refractivity contribution in [1.29, 1.82) is 0 Å². The van der Waals surface area contributed by atoms with Crippen LogP contribution in [-0.4, -0.2) is 28.7 Å². The summed E-state index contributed by atoms with van der Waals surface area (Å²) in [5.74, 6) is -0.465. The average molecular weight is 283 g/mol. The smallest absolute Gasteiger partial charge is 0.339 e. The highest BCUT2D eigenvalue weighted by Gasteiger charge is 2.12. The highest BCUT2D eigenvalue weighted by molar-refractivity contribution is 9.10. The standard InChI is InChI=1S/C10H7BrN2O3/c1-16-10(15)6-2-8(11)9-12-3-7(5-14)13(9)4-6/h2-5H,1H3. The monoisotopic (exact) mass is 282 g/mol. The molecule has 0 aliphatic carbocycles. The molecule has 2 heterocycles. The van der Waals surface area contributed by atoms with Crippen LogP contribution in [0.5, 0.6) is 0 Å². The van der Waals surface area contributed by atoms with Gasteiger partial charge < -0.3 is 4.74 Å². The summed E-state index contributed by atoms with van der Waals surface area (Å²) in [7, 11) is 1.30. The van der Waals surface area contributed by atoms with Crippen molar-refractivity contribution in [1.82, 2.24) is 9.38 Å². The first-order valence-corrected chi connectivity index (χ1v) is 5.16. The predicted molar refractivity (Wildman–Crippen MR) is 59.6 cm³/mol. The average Bonchev–Trinajstić information content (AvgIpc) is 2.71. The number of halogens is 1. The first-order chi connectivity index (χ1) is 7.67. The second-order valence-electron chi connectivity index (χ2n) is 3.06. The number of rotatable bonds is 2. The Balaban J connectivity index is 2.72. The third-order valence-electron chi connectivity index (χ3n) is 2.13. The molecule has 0 unspecified atom stereocenters. The van der Waals surface area contributed by atoms with Crippen molar-refractivity contribution >= 4 is 33.8 Å². The Hall–Kier alpha value is -1.69. The molecule has 0 aromatic carbocycles. The summed E-state index contributed by atoms with van der Waals surface area (Å²) in [4.78, 5) is 26.2. The van der Waals surface area contributed by atoms with Gasteiger partial charge in [-0.1, -0.05) is 0 Å². The second-order valence-corrected chi connectivity index (χ2v) is 3.92. The van der Waals surface area contributed by atoms with E-state index in [0.29, 0.717) is 27.7 Å². The maximum absolute atomic E-state index is 11.4. The number of nitrogens with zero attached hydrogens (tertiary/aromatic N) is 2. The second kappa shape index (κ2) is 4.05. The fourth-order valence-electron chi connectivity index (χ4n) is 1.38. The molecule has 16 heavy (non-hydrogen) atoms. The number of fused-ring (bicyclic) bond motifs is 1. The number of ether oxygens (including phenoxy) is 1. The van der Waals surface area contributed by atoms with E-state index in [-0.39, 0.29) is 0 Å². The minimum absolute atomic E-state index is 0.350. The summed E-state index contributed by atoms with van der Waals surface area (Å²) in [6.45, 7) is 0. The normalized spacial score (nSPS) is 10.4. The molecular weight excluding hydrogens is 276 g/mol. The Kier molecular flexibility index (Phi) is 2.74. The number of imidazole rings is 1. The van der Waals surface area contributed by atoms with E-state index in [4.69, 9.17) is 0 Å². The maximum atomic E-state index is 11.4. The van der Waals surface area contributed by atoms with Gasteiger partial charge in [-0.25, -0.2) is 9.78 Å². The van der Waals surface area contributed by atoms with Crippen LogP contribution in [0.1, 0.15) is 20.8 Å². The number of hydrogen-bond donors (Lipinski definition) is 0. The van der Waals surface area contributed by atoms with Crippen LogP contribution >= 0.6 is 15.9 Å². The summed E-state index contributed by atoms with van der Waals surface area (Å²) >= 11 is 3.28. The van der Waals surface area contributed by atoms with E-state index < -0.39 is 5.97 Å². The summed E-state index contributed by atoms with van der Waals surface area (Å²) in [5, 5.41) is 0. The van der Waals surface area contributed by atoms with Crippen LogP contribution in [0.25, 0.3) is 5.65 Å². The minimum Gasteiger partial charge on any atom is -0.465 e. The molecular formula is C10H7BrN2O3. The molecule has 0 aliphatic rings. The summed E-state index contributed by atoms with van der Waals surface area (Å²) < 4.78 is 6.77. The van der Waals surface area contributed by atoms with Gasteiger partial charge in [-0.15, -0.1) is 0 Å². The van der Waals surface area contributed by atoms with E-state index in [1.807, 2.05) is 0 Å². The number of esters is 1. The molecule has 0 amide bonds. The largest absolute Gasteiger partial charge is 0.465 e. The minimum atomic E-state index is -0.465. The van der Waals surface area contributed by atoms with Gasteiger partial charge in [0.25, 0.3) is 0 Å². The van der Waals surface area contributed by atoms with Crippen molar-refractivity contribution in [2.75, 3.05) is 7.11 Å². The van der Waals surface area contributed by atoms with Gasteiger partial charge >= 0.3 is 5.97 Å². The van der Waals surface area contributed by atoms with Gasteiger partial charge in [0.15, 0.2) is 11.9 Å². The number of hydrogen-bond acceptors (Lipinski definition) is 4. The maximum Gasteiger partial charge on any atom is 0.339 e. The molecule has 2 aromatic rings. The molecule has 6 heteroatoms. The van der Waals surface area contributed by atoms with Gasteiger partial charge in [0.2, 0.25) is 0 Å². The van der Waals surface area contributed by atoms with Crippen LogP contribution in [0, 0.1) is 0 Å². The van der Waals surface area contributed by atoms with Crippen LogP contribution in [0.3, 0.4) is 0 Å². The van der Waals surface area contributed by atoms with Crippen molar-refractivity contribution in [2.24, 2.45) is 0 Å². The Morgan fingerprint density at radius 3 is 3.00 bits per heavy atom. The summed E-state index contributed by atoms with van der Waals surface area (Å²) in [6, 6.07) is 1.60. The van der Waals surface area contributed by atoms with Crippen LogP contribution < -0.4 is 0 Å². The Morgan fingerprint density at radius 1 is 1.62 bits per heavy atom. The van der Waals surface area contributed by atoms with Gasteiger partial charge in [0.1, 0.15) is 5.69 Å². The fraction of sp³-hybridized carbons (Fsp3) is 0.100. The zero-order chi connectivity index (χ0) is 11.7. The molecule has 5 nitrogen and oxygen atoms in total. The van der Waals surface area contributed by atoms with Crippen molar-refractivity contribution in [3.8, 4) is 0 Å². The number of carbonyl (C=O) groups excluding carboxylic acids is 2. The first kappa shape index (κ1) is 10.8. The SMILES string of the molecule is COC(=O)c1cc(Br)c2ncc(C=O)n2c1. The first-order valence-electron chi connectivity index (χ1n) is 4.37. The van der Waals surface area contributed by atoms with Gasteiger partial charge in [0, 0.05) is 6.20 Å². The molecule has 0 radical (unpaired) electrons. The Bertz CT molecular complexity index is 577. The highest BCUT2D eigenvalue weighted by Crippen LogP contribution is 2.20. The zero-order valence-electron chi connectivity index (χ0n) is 8.31. The molecule has 0 atom stereocenters. The van der Waals surface area contributed by atoms with Gasteiger partial charge in [0.05, 0.1) is 23.3 Å². The molecule has 82 valence electrons. The molecule has 0 aliphatic heterocycles. The molecule has 0 spiro atoms. The lowest BCUT2D eigenvalue weighted by atomic mass is 10.3. The molecule has 0 bridgehead atoms. The number of aromatic nitrogens is 2. The topological polar surface area (TPSA) is 60.7 Å². The predicted octanol–water partition coefficient (Wildman–Crippen LogP) is 1.70. The van der Waals surface area contributed by atoms with E-state index in [9.17, 15) is 9.59 Å². The van der Waals surface area contributed by atoms with E-state index in [2.05, 4.69) is 25.7 Å². The highest BCUT2D eigenvalue weighted by atomic mass is 79.9. The lowest BCUT2D eigenvalue weighted by Gasteiger charge is -2.03. The lowest BCUT2D eigenvalue weighted by molar-refractivity contribution is 0.0600. The molecule has 0 N–H and O–H groups in total. The summed E-state index contributed by atoms with van der Waals surface area (Å²) in [5.41, 5.74) is 1.30. The Labute approximate surface area is 99.2 Å². The van der Waals surface area contributed by atoms with Crippen LogP contribution in [0.15, 0.2) is 22.9 Å². The lowest BCUT2D eigenvalue weighted by Crippen LogP contribution is -2.04. The molecule has 0 fully saturated rings. The third-order valence-corrected chi connectivity index (χ3v) is 2.71. The van der Waals surface area contributed by atoms with Crippen LogP contribution in [0.2, 0.25) is 0 Å². The fourth-order valence-corrected chi connectivity index (χ4v) is 1.92. The van der Waals surface area contributed by atoms with Gasteiger partial charge in [-0.3, -0.25) is 9.20 Å². The number of aldehydes is 1. The number of carbonyl (C=O) groups is 2. The Morgan fingerprint density at radius 2 is 2.38 bits per heavy atom. The van der Waals surface area contributed by atoms with Crippen LogP contribution in [0.4, 0.5) is 0 Å². The van der Waals surface area contributed by atoms with Crippen molar-refractivity contribution in [2.45, 2.75) is 0 Å².